The lowest BCUT2D eigenvalue weighted by molar-refractivity contribution is -0.114. The molecule has 6 heteroatoms. The van der Waals surface area contributed by atoms with Crippen LogP contribution in [0.4, 0.5) is 16.2 Å². The second-order valence-corrected chi connectivity index (χ2v) is 3.26. The zero-order chi connectivity index (χ0) is 12.8. The molecule has 0 aliphatic carbocycles. The molecule has 0 saturated carbocycles. The van der Waals surface area contributed by atoms with Gasteiger partial charge in [-0.15, -0.1) is 0 Å². The molecule has 1 aromatic carbocycles. The minimum atomic E-state index is -0.643. The number of hydrogen-bond acceptors (Lipinski definition) is 4. The molecule has 0 bridgehead atoms. The molecule has 1 aromatic rings. The van der Waals surface area contributed by atoms with E-state index in [-0.39, 0.29) is 24.0 Å². The maximum absolute atomic E-state index is 11.1. The zero-order valence-corrected chi connectivity index (χ0v) is 9.61. The van der Waals surface area contributed by atoms with Gasteiger partial charge in [0.15, 0.2) is 0 Å². The summed E-state index contributed by atoms with van der Waals surface area (Å²) in [5.74, 6) is -0.389. The van der Waals surface area contributed by atoms with Crippen molar-refractivity contribution in [2.45, 2.75) is 13.8 Å². The Morgan fingerprint density at radius 1 is 1.35 bits per heavy atom. The first kappa shape index (κ1) is 12.8. The van der Waals surface area contributed by atoms with Crippen molar-refractivity contribution in [1.29, 1.82) is 0 Å². The minimum absolute atomic E-state index is 0.149. The van der Waals surface area contributed by atoms with Crippen LogP contribution in [-0.2, 0) is 9.53 Å². The third-order valence-corrected chi connectivity index (χ3v) is 1.83. The quantitative estimate of drug-likeness (QED) is 0.702. The molecule has 0 aliphatic heterocycles. The molecule has 0 unspecified atom stereocenters. The van der Waals surface area contributed by atoms with Crippen LogP contribution in [-0.4, -0.2) is 23.7 Å². The molecule has 92 valence electrons. The first-order valence-electron chi connectivity index (χ1n) is 5.07. The van der Waals surface area contributed by atoms with Crippen LogP contribution in [0.15, 0.2) is 18.2 Å². The fourth-order valence-electron chi connectivity index (χ4n) is 1.20. The van der Waals surface area contributed by atoms with Gasteiger partial charge in [-0.05, 0) is 19.1 Å². The van der Waals surface area contributed by atoms with E-state index in [9.17, 15) is 14.7 Å². The van der Waals surface area contributed by atoms with Gasteiger partial charge in [0.05, 0.1) is 12.3 Å². The summed E-state index contributed by atoms with van der Waals surface area (Å²) < 4.78 is 4.66. The number of phenolic OH excluding ortho intramolecular Hbond substituents is 1. The Kier molecular flexibility index (Phi) is 4.33. The lowest BCUT2D eigenvalue weighted by Crippen LogP contribution is -2.13. The highest BCUT2D eigenvalue weighted by atomic mass is 16.5. The van der Waals surface area contributed by atoms with E-state index in [1.54, 1.807) is 13.0 Å². The number of aromatic hydroxyl groups is 1. The van der Waals surface area contributed by atoms with Crippen molar-refractivity contribution in [3.63, 3.8) is 0 Å². The number of rotatable bonds is 3. The Morgan fingerprint density at radius 3 is 2.59 bits per heavy atom. The largest absolute Gasteiger partial charge is 0.506 e. The summed E-state index contributed by atoms with van der Waals surface area (Å²) in [6, 6.07) is 4.36. The van der Waals surface area contributed by atoms with E-state index >= 15 is 0 Å². The summed E-state index contributed by atoms with van der Waals surface area (Å²) in [6.45, 7) is 3.29. The van der Waals surface area contributed by atoms with Gasteiger partial charge in [0, 0.05) is 18.7 Å². The molecule has 3 N–H and O–H groups in total. The van der Waals surface area contributed by atoms with Crippen LogP contribution in [0.1, 0.15) is 13.8 Å². The van der Waals surface area contributed by atoms with Crippen LogP contribution in [0.2, 0.25) is 0 Å². The number of amides is 2. The summed E-state index contributed by atoms with van der Waals surface area (Å²) >= 11 is 0. The average Bonchev–Trinajstić information content (AvgIpc) is 2.21. The number of benzene rings is 1. The number of hydrogen-bond donors (Lipinski definition) is 3. The number of phenols is 1. The van der Waals surface area contributed by atoms with E-state index in [1.165, 1.54) is 19.1 Å². The smallest absolute Gasteiger partial charge is 0.411 e. The number of ether oxygens (including phenoxy) is 1. The Bertz CT molecular complexity index is 431. The molecule has 0 atom stereocenters. The summed E-state index contributed by atoms with van der Waals surface area (Å²) in [4.78, 5) is 21.9. The lowest BCUT2D eigenvalue weighted by Gasteiger charge is -2.09. The van der Waals surface area contributed by atoms with Crippen LogP contribution >= 0.6 is 0 Å². The predicted octanol–water partition coefficient (Wildman–Crippen LogP) is 1.92. The number of carbonyl (C=O) groups is 2. The molecule has 17 heavy (non-hydrogen) atoms. The highest BCUT2D eigenvalue weighted by Crippen LogP contribution is 2.26. The Morgan fingerprint density at radius 2 is 2.06 bits per heavy atom. The van der Waals surface area contributed by atoms with Crippen molar-refractivity contribution in [3.8, 4) is 5.75 Å². The topological polar surface area (TPSA) is 87.7 Å². The van der Waals surface area contributed by atoms with Gasteiger partial charge >= 0.3 is 6.09 Å². The van der Waals surface area contributed by atoms with Crippen LogP contribution in [0.5, 0.6) is 5.75 Å². The van der Waals surface area contributed by atoms with Gasteiger partial charge in [-0.3, -0.25) is 10.1 Å². The van der Waals surface area contributed by atoms with Gasteiger partial charge in [0.2, 0.25) is 5.91 Å². The van der Waals surface area contributed by atoms with Crippen molar-refractivity contribution in [2.75, 3.05) is 17.2 Å². The molecule has 0 aromatic heterocycles. The van der Waals surface area contributed by atoms with Crippen molar-refractivity contribution in [2.24, 2.45) is 0 Å². The van der Waals surface area contributed by atoms with Crippen LogP contribution < -0.4 is 10.6 Å². The maximum Gasteiger partial charge on any atom is 0.411 e. The molecule has 0 spiro atoms. The Hall–Kier alpha value is -2.24. The van der Waals surface area contributed by atoms with Crippen molar-refractivity contribution < 1.29 is 19.4 Å². The molecule has 0 saturated heterocycles. The van der Waals surface area contributed by atoms with Crippen LogP contribution in [0, 0.1) is 0 Å². The third kappa shape index (κ3) is 4.02. The van der Waals surface area contributed by atoms with Gasteiger partial charge in [0.25, 0.3) is 0 Å². The highest BCUT2D eigenvalue weighted by molar-refractivity contribution is 5.91. The summed E-state index contributed by atoms with van der Waals surface area (Å²) in [7, 11) is 0. The fourth-order valence-corrected chi connectivity index (χ4v) is 1.20. The van der Waals surface area contributed by atoms with Gasteiger partial charge in [-0.25, -0.2) is 4.79 Å². The summed E-state index contributed by atoms with van der Waals surface area (Å²) in [6.07, 6.45) is -0.643. The molecule has 1 rings (SSSR count). The first-order chi connectivity index (χ1) is 8.02. The average molecular weight is 238 g/mol. The molecule has 6 nitrogen and oxygen atoms in total. The Labute approximate surface area is 98.6 Å². The third-order valence-electron chi connectivity index (χ3n) is 1.83. The zero-order valence-electron chi connectivity index (χ0n) is 9.61. The van der Waals surface area contributed by atoms with Crippen molar-refractivity contribution in [3.05, 3.63) is 18.2 Å². The number of carbonyl (C=O) groups excluding carboxylic acids is 2. The van der Waals surface area contributed by atoms with Crippen molar-refractivity contribution in [1.82, 2.24) is 0 Å². The molecule has 2 amide bonds. The predicted molar refractivity (Wildman–Crippen MR) is 63.1 cm³/mol. The van der Waals surface area contributed by atoms with E-state index in [2.05, 4.69) is 15.4 Å². The van der Waals surface area contributed by atoms with Gasteiger partial charge in [0.1, 0.15) is 5.75 Å². The lowest BCUT2D eigenvalue weighted by atomic mass is 10.2. The molecule has 0 fully saturated rings. The molecule has 0 heterocycles. The van der Waals surface area contributed by atoms with Crippen LogP contribution in [0.3, 0.4) is 0 Å². The highest BCUT2D eigenvalue weighted by Gasteiger charge is 2.07. The summed E-state index contributed by atoms with van der Waals surface area (Å²) in [5.41, 5.74) is 0.668. The van der Waals surface area contributed by atoms with Gasteiger partial charge in [-0.1, -0.05) is 0 Å². The molecular formula is C11H14N2O4. The molecule has 0 radical (unpaired) electrons. The maximum atomic E-state index is 11.1. The van der Waals surface area contributed by atoms with E-state index < -0.39 is 6.09 Å². The monoisotopic (exact) mass is 238 g/mol. The van der Waals surface area contributed by atoms with Crippen LogP contribution in [0.25, 0.3) is 0 Å². The second kappa shape index (κ2) is 5.74. The first-order valence-corrected chi connectivity index (χ1v) is 5.07. The second-order valence-electron chi connectivity index (χ2n) is 3.26. The van der Waals surface area contributed by atoms with E-state index in [0.29, 0.717) is 5.69 Å². The Balaban J connectivity index is 2.75. The van der Waals surface area contributed by atoms with Crippen molar-refractivity contribution >= 4 is 23.4 Å². The standard InChI is InChI=1S/C11H14N2O4/c1-3-17-11(16)13-9-5-4-8(6-10(9)15)12-7(2)14/h4-6,15H,3H2,1-2H3,(H,12,14)(H,13,16). The van der Waals surface area contributed by atoms with Gasteiger partial charge in [-0.2, -0.15) is 0 Å². The normalized spacial score (nSPS) is 9.53. The SMILES string of the molecule is CCOC(=O)Nc1ccc(NC(C)=O)cc1O. The van der Waals surface area contributed by atoms with E-state index in [4.69, 9.17) is 0 Å². The van der Waals surface area contributed by atoms with E-state index in [0.717, 1.165) is 0 Å². The molecular weight excluding hydrogens is 224 g/mol. The molecule has 0 aliphatic rings. The minimum Gasteiger partial charge on any atom is -0.506 e. The van der Waals surface area contributed by atoms with E-state index in [1.807, 2.05) is 0 Å². The van der Waals surface area contributed by atoms with Gasteiger partial charge < -0.3 is 15.2 Å². The number of nitrogens with one attached hydrogen (secondary N) is 2. The fraction of sp³-hybridized carbons (Fsp3) is 0.273. The number of anilines is 2. The summed E-state index contributed by atoms with van der Waals surface area (Å²) in [5, 5.41) is 14.5.